The Kier molecular flexibility index (Phi) is 6.67. The van der Waals surface area contributed by atoms with E-state index in [9.17, 15) is 4.21 Å². The van der Waals surface area contributed by atoms with Crippen LogP contribution in [0.25, 0.3) is 21.9 Å². The van der Waals surface area contributed by atoms with E-state index in [2.05, 4.69) is 15.6 Å². The summed E-state index contributed by atoms with van der Waals surface area (Å²) < 4.78 is 12.7. The smallest absolute Gasteiger partial charge is 0.153 e. The number of nitrogens with two attached hydrogens (primary N) is 5. The van der Waals surface area contributed by atoms with Gasteiger partial charge >= 0.3 is 0 Å². The Hall–Kier alpha value is -2.70. The summed E-state index contributed by atoms with van der Waals surface area (Å²) in [6.45, 7) is 0.280. The number of amidine groups is 1. The van der Waals surface area contributed by atoms with Crippen molar-refractivity contribution in [1.82, 2.24) is 10.5 Å². The second-order valence-electron chi connectivity index (χ2n) is 6.03. The molecule has 0 spiro atoms. The lowest BCUT2D eigenvalue weighted by Crippen LogP contribution is -2.25. The van der Waals surface area contributed by atoms with Gasteiger partial charge in [0.2, 0.25) is 0 Å². The number of nitrogens with one attached hydrogen (secondary N) is 1. The SMILES string of the molecule is NCCS(=O)c1ccc(-c2cccc3cc(N)ncc23)c(/C(N)=N/NN)c1SN. The van der Waals surface area contributed by atoms with E-state index in [1.54, 1.807) is 18.3 Å². The minimum Gasteiger partial charge on any atom is -0.384 e. The standard InChI is InChI=1S/C18H22N8OS2/c19-6-7-29(27)14-5-4-12(16(17(14)28-23)18(21)25-26-22)11-3-1-2-10-8-15(20)24-9-13(10)11/h1-5,8-9,26H,6-7,19,22-23H2,(H2,20,24)(H2,21,25). The van der Waals surface area contributed by atoms with E-state index in [4.69, 9.17) is 28.2 Å². The Bertz CT molecular complexity index is 1100. The molecule has 0 aliphatic heterocycles. The van der Waals surface area contributed by atoms with Crippen LogP contribution in [0.2, 0.25) is 0 Å². The number of nitrogens with zero attached hydrogens (tertiary/aromatic N) is 2. The second-order valence-corrected chi connectivity index (χ2v) is 8.22. The number of hydrazine groups is 1. The summed E-state index contributed by atoms with van der Waals surface area (Å²) in [6.07, 6.45) is 1.70. The van der Waals surface area contributed by atoms with Gasteiger partial charge in [-0.2, -0.15) is 0 Å². The maximum Gasteiger partial charge on any atom is 0.153 e. The quantitative estimate of drug-likeness (QED) is 0.103. The fourth-order valence-electron chi connectivity index (χ4n) is 3.10. The van der Waals surface area contributed by atoms with Crippen LogP contribution in [0.1, 0.15) is 5.56 Å². The normalized spacial score (nSPS) is 12.9. The van der Waals surface area contributed by atoms with Gasteiger partial charge < -0.3 is 17.2 Å². The summed E-state index contributed by atoms with van der Waals surface area (Å²) in [6, 6.07) is 11.2. The van der Waals surface area contributed by atoms with Crippen molar-refractivity contribution in [3.8, 4) is 11.1 Å². The molecule has 0 radical (unpaired) electrons. The molecule has 11 N–H and O–H groups in total. The van der Waals surface area contributed by atoms with Gasteiger partial charge in [0.25, 0.3) is 0 Å². The molecule has 9 nitrogen and oxygen atoms in total. The average molecular weight is 431 g/mol. The lowest BCUT2D eigenvalue weighted by atomic mass is 9.95. The Labute approximate surface area is 174 Å². The molecule has 1 aromatic heterocycles. The van der Waals surface area contributed by atoms with Gasteiger partial charge in [0, 0.05) is 29.4 Å². The van der Waals surface area contributed by atoms with E-state index in [0.29, 0.717) is 26.9 Å². The van der Waals surface area contributed by atoms with Gasteiger partial charge in [-0.3, -0.25) is 9.35 Å². The van der Waals surface area contributed by atoms with E-state index < -0.39 is 10.8 Å². The van der Waals surface area contributed by atoms with Gasteiger partial charge in [0.1, 0.15) is 5.82 Å². The van der Waals surface area contributed by atoms with Crippen LogP contribution < -0.4 is 33.7 Å². The summed E-state index contributed by atoms with van der Waals surface area (Å²) in [4.78, 5) is 5.30. The van der Waals surface area contributed by atoms with Crippen molar-refractivity contribution in [2.45, 2.75) is 9.79 Å². The number of anilines is 1. The van der Waals surface area contributed by atoms with Crippen molar-refractivity contribution in [3.63, 3.8) is 0 Å². The molecule has 0 fully saturated rings. The first-order valence-electron chi connectivity index (χ1n) is 8.57. The zero-order valence-electron chi connectivity index (χ0n) is 15.5. The molecule has 0 saturated carbocycles. The van der Waals surface area contributed by atoms with E-state index in [1.807, 2.05) is 24.3 Å². The molecule has 0 saturated heterocycles. The lowest BCUT2D eigenvalue weighted by Gasteiger charge is -2.18. The van der Waals surface area contributed by atoms with E-state index in [-0.39, 0.29) is 12.4 Å². The van der Waals surface area contributed by atoms with Crippen LogP contribution in [-0.4, -0.2) is 27.3 Å². The van der Waals surface area contributed by atoms with Gasteiger partial charge in [-0.1, -0.05) is 24.3 Å². The van der Waals surface area contributed by atoms with Crippen LogP contribution in [0.15, 0.2) is 57.5 Å². The molecule has 29 heavy (non-hydrogen) atoms. The monoisotopic (exact) mass is 430 g/mol. The molecule has 152 valence electrons. The van der Waals surface area contributed by atoms with Gasteiger partial charge in [0.15, 0.2) is 5.84 Å². The fraction of sp³-hybridized carbons (Fsp3) is 0.111. The molecule has 0 bridgehead atoms. The third-order valence-electron chi connectivity index (χ3n) is 4.31. The predicted molar refractivity (Wildman–Crippen MR) is 120 cm³/mol. The molecule has 0 amide bonds. The number of rotatable bonds is 7. The van der Waals surface area contributed by atoms with Crippen molar-refractivity contribution >= 4 is 45.2 Å². The number of aromatic nitrogens is 1. The molecule has 0 aliphatic carbocycles. The Morgan fingerprint density at radius 1 is 1.24 bits per heavy atom. The number of pyridine rings is 1. The third kappa shape index (κ3) is 4.18. The number of hydrogen-bond acceptors (Lipinski definition) is 9. The predicted octanol–water partition coefficient (Wildman–Crippen LogP) is 0.600. The molecule has 3 rings (SSSR count). The van der Waals surface area contributed by atoms with E-state index in [0.717, 1.165) is 33.8 Å². The maximum absolute atomic E-state index is 12.7. The highest BCUT2D eigenvalue weighted by atomic mass is 32.2. The molecular formula is C18H22N8OS2. The van der Waals surface area contributed by atoms with Crippen molar-refractivity contribution in [2.24, 2.45) is 27.6 Å². The number of nitrogen functional groups attached to an aromatic ring is 1. The highest BCUT2D eigenvalue weighted by Crippen LogP contribution is 2.37. The Morgan fingerprint density at radius 2 is 2.03 bits per heavy atom. The van der Waals surface area contributed by atoms with Gasteiger partial charge in [0.05, 0.1) is 20.6 Å². The minimum absolute atomic E-state index is 0.113. The summed E-state index contributed by atoms with van der Waals surface area (Å²) in [5.41, 5.74) is 21.9. The number of benzene rings is 2. The highest BCUT2D eigenvalue weighted by Gasteiger charge is 2.21. The van der Waals surface area contributed by atoms with Crippen molar-refractivity contribution in [3.05, 3.63) is 48.2 Å². The van der Waals surface area contributed by atoms with Crippen molar-refractivity contribution in [1.29, 1.82) is 0 Å². The number of hydrogen-bond donors (Lipinski definition) is 6. The van der Waals surface area contributed by atoms with E-state index in [1.165, 1.54) is 0 Å². The zero-order chi connectivity index (χ0) is 21.0. The van der Waals surface area contributed by atoms with Crippen molar-refractivity contribution < 1.29 is 4.21 Å². The molecule has 0 aliphatic rings. The Morgan fingerprint density at radius 3 is 2.72 bits per heavy atom. The molecule has 1 heterocycles. The van der Waals surface area contributed by atoms with Crippen LogP contribution in [0.4, 0.5) is 5.82 Å². The largest absolute Gasteiger partial charge is 0.384 e. The average Bonchev–Trinajstić information content (AvgIpc) is 2.72. The fourth-order valence-corrected chi connectivity index (χ4v) is 5.01. The third-order valence-corrected chi connectivity index (χ3v) is 6.53. The highest BCUT2D eigenvalue weighted by molar-refractivity contribution is 7.97. The minimum atomic E-state index is -1.34. The molecular weight excluding hydrogens is 408 g/mol. The topological polar surface area (TPSA) is 184 Å². The lowest BCUT2D eigenvalue weighted by molar-refractivity contribution is 0.681. The zero-order valence-corrected chi connectivity index (χ0v) is 17.1. The Balaban J connectivity index is 2.35. The molecule has 2 aromatic carbocycles. The molecule has 11 heteroatoms. The summed E-state index contributed by atoms with van der Waals surface area (Å²) in [5, 5.41) is 11.7. The molecule has 1 unspecified atom stereocenters. The second kappa shape index (κ2) is 9.20. The first-order chi connectivity index (χ1) is 14.0. The van der Waals surface area contributed by atoms with Crippen LogP contribution in [0.5, 0.6) is 0 Å². The number of hydrazone groups is 1. The first kappa shape index (κ1) is 21.0. The maximum atomic E-state index is 12.7. The molecule has 3 aromatic rings. The summed E-state index contributed by atoms with van der Waals surface area (Å²) >= 11 is 0.948. The first-order valence-corrected chi connectivity index (χ1v) is 10.8. The van der Waals surface area contributed by atoms with Gasteiger partial charge in [-0.25, -0.2) is 16.4 Å². The van der Waals surface area contributed by atoms with Crippen LogP contribution >= 0.6 is 11.9 Å². The number of fused-ring (bicyclic) bond motifs is 1. The van der Waals surface area contributed by atoms with E-state index >= 15 is 0 Å². The van der Waals surface area contributed by atoms with Gasteiger partial charge in [-0.15, -0.1) is 5.10 Å². The van der Waals surface area contributed by atoms with Gasteiger partial charge in [-0.05, 0) is 40.6 Å². The van der Waals surface area contributed by atoms with Crippen LogP contribution in [0, 0.1) is 0 Å². The summed E-state index contributed by atoms with van der Waals surface area (Å²) in [7, 11) is -1.34. The summed E-state index contributed by atoms with van der Waals surface area (Å²) in [5.74, 6) is 6.18. The van der Waals surface area contributed by atoms with Crippen molar-refractivity contribution in [2.75, 3.05) is 18.0 Å². The van der Waals surface area contributed by atoms with Crippen LogP contribution in [-0.2, 0) is 10.8 Å². The van der Waals surface area contributed by atoms with Crippen LogP contribution in [0.3, 0.4) is 0 Å². The molecule has 1 atom stereocenters.